The van der Waals surface area contributed by atoms with Crippen LogP contribution in [0.5, 0.6) is 0 Å². The Morgan fingerprint density at radius 3 is 1.74 bits per heavy atom. The van der Waals surface area contributed by atoms with E-state index in [2.05, 4.69) is 186 Å². The molecule has 84 heavy (non-hydrogen) atoms. The van der Waals surface area contributed by atoms with Gasteiger partial charge in [0.05, 0.1) is 50.4 Å². The summed E-state index contributed by atoms with van der Waals surface area (Å²) < 4.78 is 45.6. The van der Waals surface area contributed by atoms with Gasteiger partial charge in [0.15, 0.2) is 11.9 Å². The number of aliphatic hydroxyl groups excluding tert-OH is 3. The molecular formula is C63H52BN4O15P. The van der Waals surface area contributed by atoms with Crippen LogP contribution < -0.4 is 10.6 Å². The highest BCUT2D eigenvalue weighted by molar-refractivity contribution is 7.47. The van der Waals surface area contributed by atoms with Crippen LogP contribution in [0.3, 0.4) is 0 Å². The molecule has 6 N–H and O–H groups in total. The van der Waals surface area contributed by atoms with Gasteiger partial charge in [0.25, 0.3) is 5.91 Å². The molecule has 0 saturated carbocycles. The number of ether oxygens (including phenoxy) is 2. The third-order valence-corrected chi connectivity index (χ3v) is 11.2. The Balaban J connectivity index is 1.65. The van der Waals surface area contributed by atoms with Gasteiger partial charge >= 0.3 is 26.9 Å². The van der Waals surface area contributed by atoms with E-state index in [1.54, 1.807) is 13.8 Å². The van der Waals surface area contributed by atoms with Crippen LogP contribution >= 0.6 is 7.82 Å². The Labute approximate surface area is 489 Å². The zero-order chi connectivity index (χ0) is 61.1. The number of nitrogens with zero attached hydrogens (tertiary/aromatic N) is 2. The molecule has 8 atom stereocenters. The quantitative estimate of drug-likeness (QED) is 0.0197. The van der Waals surface area contributed by atoms with E-state index in [0.717, 1.165) is 5.56 Å². The van der Waals surface area contributed by atoms with Gasteiger partial charge in [0, 0.05) is 49.6 Å². The number of aromatic nitrogens is 2. The maximum absolute atomic E-state index is 14.2. The van der Waals surface area contributed by atoms with Crippen molar-refractivity contribution in [3.63, 3.8) is 0 Å². The lowest BCUT2D eigenvalue weighted by atomic mass is 9.65. The number of nitrogens with one attached hydrogen (secondary N) is 2. The third-order valence-electron chi connectivity index (χ3n) is 10.2. The lowest BCUT2D eigenvalue weighted by molar-refractivity contribution is -0.153. The smallest absolute Gasteiger partial charge is 0.452 e. The van der Waals surface area contributed by atoms with Crippen LogP contribution in [0, 0.1) is 172 Å². The average molecular weight is 1150 g/mol. The summed E-state index contributed by atoms with van der Waals surface area (Å²) in [4.78, 5) is 70.8. The summed E-state index contributed by atoms with van der Waals surface area (Å²) in [6.07, 6.45) is -2.56. The molecule has 2 aromatic rings. The fourth-order valence-corrected chi connectivity index (χ4v) is 7.46. The number of rotatable bonds is 25. The Morgan fingerprint density at radius 1 is 0.702 bits per heavy atom. The van der Waals surface area contributed by atoms with Crippen LogP contribution in [-0.2, 0) is 53.2 Å². The molecule has 0 spiro atoms. The van der Waals surface area contributed by atoms with E-state index in [1.807, 2.05) is 44.2 Å². The number of amides is 1. The van der Waals surface area contributed by atoms with E-state index >= 15 is 0 Å². The molecule has 1 aromatic heterocycles. The second-order valence-electron chi connectivity index (χ2n) is 16.9. The van der Waals surface area contributed by atoms with Crippen molar-refractivity contribution >= 4 is 38.6 Å². The van der Waals surface area contributed by atoms with E-state index in [-0.39, 0.29) is 43.3 Å². The molecule has 4 unspecified atom stereocenters. The number of hydrogen-bond acceptors (Lipinski definition) is 17. The van der Waals surface area contributed by atoms with Gasteiger partial charge < -0.3 is 49.6 Å². The molecule has 0 bridgehead atoms. The summed E-state index contributed by atoms with van der Waals surface area (Å²) in [6.45, 7) is 3.81. The van der Waals surface area contributed by atoms with E-state index in [0.29, 0.717) is 6.42 Å². The topological polar surface area (TPSA) is 271 Å². The number of carbonyl (C=O) groups is 4. The molecule has 21 heteroatoms. The Morgan fingerprint density at radius 2 is 1.23 bits per heavy atom. The van der Waals surface area contributed by atoms with Crippen LogP contribution in [0.15, 0.2) is 48.9 Å². The van der Waals surface area contributed by atoms with Crippen molar-refractivity contribution in [2.45, 2.75) is 89.3 Å². The molecule has 19 nitrogen and oxygen atoms in total. The van der Waals surface area contributed by atoms with Crippen LogP contribution in [0.2, 0.25) is 5.82 Å². The number of Topliss-reactive ketones (excluding diaryl/α,β-unsaturated/α-hetero) is 1. The van der Waals surface area contributed by atoms with Gasteiger partial charge in [0.2, 0.25) is 0 Å². The van der Waals surface area contributed by atoms with Gasteiger partial charge in [-0.25, -0.2) is 19.1 Å². The first-order chi connectivity index (χ1) is 40.7. The largest absolute Gasteiger partial charge is 0.472 e. The number of carbonyl (C=O) groups excluding carboxylic acids is 4. The SMILES string of the molecule is CC#CC#CC#CC#CC#CC#CC#CC(=O)OCC(COP(=O)(O)OCCNCC(O)[C@H]1OB([C@@H](CC(=O)[C@H](Cc2ccccc2)NC(=O)c2cnccn2)CC(C)C)O[C@@H]1C(O)CO)OC(=O)C#CC#CC#CC#CC#CC#CC#CC. The highest BCUT2D eigenvalue weighted by Gasteiger charge is 2.50. The predicted molar refractivity (Wildman–Crippen MR) is 307 cm³/mol. The van der Waals surface area contributed by atoms with E-state index in [1.165, 1.54) is 18.6 Å². The normalized spacial score (nSPS) is 14.2. The van der Waals surface area contributed by atoms with Crippen molar-refractivity contribution in [2.75, 3.05) is 39.5 Å². The van der Waals surface area contributed by atoms with Crippen LogP contribution in [-0.4, -0.2) is 137 Å². The molecule has 1 fully saturated rings. The van der Waals surface area contributed by atoms with Gasteiger partial charge in [-0.15, -0.1) is 0 Å². The number of phosphoric ester groups is 1. The number of esters is 2. The van der Waals surface area contributed by atoms with Crippen LogP contribution in [0.25, 0.3) is 0 Å². The predicted octanol–water partition coefficient (Wildman–Crippen LogP) is 0.445. The minimum atomic E-state index is -4.93. The molecule has 0 aliphatic carbocycles. The maximum atomic E-state index is 14.2. The zero-order valence-electron chi connectivity index (χ0n) is 45.8. The molecule has 422 valence electrons. The molecule has 1 amide bonds. The Kier molecular flexibility index (Phi) is 33.6. The third kappa shape index (κ3) is 30.1. The number of aliphatic hydroxyl groups is 3. The second kappa shape index (κ2) is 41.2. The highest BCUT2D eigenvalue weighted by atomic mass is 31.2. The molecule has 1 saturated heterocycles. The molecule has 1 aliphatic heterocycles. The fraction of sp³-hybridized carbons (Fsp3) is 0.333. The Hall–Kier alpha value is -9.85. The van der Waals surface area contributed by atoms with E-state index < -0.39 is 102 Å². The number of ketones is 1. The maximum Gasteiger partial charge on any atom is 0.472 e. The zero-order valence-corrected chi connectivity index (χ0v) is 46.7. The van der Waals surface area contributed by atoms with Crippen molar-refractivity contribution in [1.29, 1.82) is 0 Å². The first-order valence-corrected chi connectivity index (χ1v) is 26.6. The number of benzene rings is 1. The van der Waals surface area contributed by atoms with Crippen LogP contribution in [0.4, 0.5) is 0 Å². The summed E-state index contributed by atoms with van der Waals surface area (Å²) in [7, 11) is -6.08. The second-order valence-corrected chi connectivity index (χ2v) is 18.4. The molecule has 2 heterocycles. The van der Waals surface area contributed by atoms with E-state index in [4.69, 9.17) is 27.8 Å². The standard InChI is InChI=1S/C63H52BN4O15P/c1-5-7-9-11-13-15-17-19-21-23-25-27-32-36-59(73)78-48-53(81-60(74)37-33-28-26-24-22-20-18-16-14-12-10-8-6-2)49-80-84(76,77)79-41-40-66-46-57(71)61-62(58(72)47-69)83-64(82-61)52(42-50(3)4)44-56(70)54(43-51-34-30-29-31-35-51)68-63(75)55-45-65-38-39-67-55/h29-31,34-35,38-39,45,50,52-54,57-58,61-62,66,69,71-72H,40-44,46-49H2,1-4H3,(H,68,75)(H,76,77)/t52-,53?,54+,57?,58?,61-,62-/m1/s1. The van der Waals surface area contributed by atoms with Crippen molar-refractivity contribution in [2.24, 2.45) is 5.92 Å². The first-order valence-electron chi connectivity index (χ1n) is 25.1. The lowest BCUT2D eigenvalue weighted by Crippen LogP contribution is -2.47. The van der Waals surface area contributed by atoms with Crippen molar-refractivity contribution in [1.82, 2.24) is 20.6 Å². The Bertz CT molecular complexity index is 3640. The lowest BCUT2D eigenvalue weighted by Gasteiger charge is -2.26. The minimum Gasteiger partial charge on any atom is -0.452 e. The van der Waals surface area contributed by atoms with Gasteiger partial charge in [0.1, 0.15) is 18.4 Å². The summed E-state index contributed by atoms with van der Waals surface area (Å²) in [5, 5.41) is 37.7. The summed E-state index contributed by atoms with van der Waals surface area (Å²) in [5.74, 6) is 63.2. The van der Waals surface area contributed by atoms with Crippen molar-refractivity contribution < 1.29 is 71.8 Å². The summed E-state index contributed by atoms with van der Waals surface area (Å²) >= 11 is 0. The molecule has 1 aromatic carbocycles. The molecular weight excluding hydrogens is 1090 g/mol. The molecule has 0 radical (unpaired) electrons. The molecule has 1 aliphatic rings. The van der Waals surface area contributed by atoms with Gasteiger partial charge in [-0.1, -0.05) is 56.0 Å². The monoisotopic (exact) mass is 1150 g/mol. The van der Waals surface area contributed by atoms with Crippen molar-refractivity contribution in [3.8, 4) is 166 Å². The van der Waals surface area contributed by atoms with Gasteiger partial charge in [-0.3, -0.25) is 23.6 Å². The first kappa shape index (κ1) is 68.4. The average Bonchev–Trinajstić information content (AvgIpc) is 3.34. The van der Waals surface area contributed by atoms with Gasteiger partial charge in [-0.2, -0.15) is 0 Å². The van der Waals surface area contributed by atoms with Gasteiger partial charge in [-0.05, 0) is 180 Å². The summed E-state index contributed by atoms with van der Waals surface area (Å²) in [5.41, 5.74) is 0.795. The van der Waals surface area contributed by atoms with E-state index in [9.17, 15) is 44.0 Å². The highest BCUT2D eigenvalue weighted by Crippen LogP contribution is 2.43. The number of hydrogen-bond donors (Lipinski definition) is 6. The molecule has 3 rings (SSSR count). The van der Waals surface area contributed by atoms with Crippen LogP contribution in [0.1, 0.15) is 56.6 Å². The number of phosphoric acid groups is 1. The minimum absolute atomic E-state index is 0.00714. The fourth-order valence-electron chi connectivity index (χ4n) is 6.71. The van der Waals surface area contributed by atoms with Crippen molar-refractivity contribution in [3.05, 3.63) is 60.2 Å². The summed E-state index contributed by atoms with van der Waals surface area (Å²) in [6, 6.07) is 8.08.